The first-order valence-corrected chi connectivity index (χ1v) is 5.87. The van der Waals surface area contributed by atoms with Gasteiger partial charge in [-0.25, -0.2) is 0 Å². The van der Waals surface area contributed by atoms with E-state index in [1.165, 1.54) is 0 Å². The van der Waals surface area contributed by atoms with Crippen molar-refractivity contribution in [3.63, 3.8) is 0 Å². The number of hydrogen-bond acceptors (Lipinski definition) is 1. The molecule has 0 aliphatic rings. The molecule has 0 aliphatic carbocycles. The second-order valence-electron chi connectivity index (χ2n) is 4.49. The molecule has 1 aromatic rings. The molecule has 0 unspecified atom stereocenters. The predicted octanol–water partition coefficient (Wildman–Crippen LogP) is 3.10. The van der Waals surface area contributed by atoms with Gasteiger partial charge in [-0.2, -0.15) is 0 Å². The van der Waals surface area contributed by atoms with Crippen LogP contribution in [-0.2, 0) is 11.2 Å². The van der Waals surface area contributed by atoms with Gasteiger partial charge in [0.05, 0.1) is 0 Å². The van der Waals surface area contributed by atoms with Crippen molar-refractivity contribution in [3.05, 3.63) is 35.4 Å². The van der Waals surface area contributed by atoms with Crippen LogP contribution in [0.5, 0.6) is 0 Å². The summed E-state index contributed by atoms with van der Waals surface area (Å²) in [5, 5.41) is 8.58. The van der Waals surface area contributed by atoms with Gasteiger partial charge in [0.15, 0.2) is 0 Å². The van der Waals surface area contributed by atoms with Crippen LogP contribution in [0.3, 0.4) is 0 Å². The smallest absolute Gasteiger partial charge is 0.303 e. The number of carboxylic acid groups (broad SMARTS) is 1. The molecule has 0 heterocycles. The Balaban J connectivity index is 2.54. The highest BCUT2D eigenvalue weighted by Gasteiger charge is 1.98. The van der Waals surface area contributed by atoms with E-state index in [-0.39, 0.29) is 6.42 Å². The monoisotopic (exact) mass is 230 g/mol. The fourth-order valence-electron chi connectivity index (χ4n) is 1.36. The molecule has 17 heavy (non-hydrogen) atoms. The predicted molar refractivity (Wildman–Crippen MR) is 68.7 cm³/mol. The number of rotatable bonds is 4. The van der Waals surface area contributed by atoms with Crippen LogP contribution in [0.4, 0.5) is 0 Å². The van der Waals surface area contributed by atoms with Crippen molar-refractivity contribution < 1.29 is 9.90 Å². The topological polar surface area (TPSA) is 37.3 Å². The fraction of sp³-hybridized carbons (Fsp3) is 0.400. The zero-order valence-corrected chi connectivity index (χ0v) is 10.4. The number of carbonyl (C=O) groups is 1. The lowest BCUT2D eigenvalue weighted by Crippen LogP contribution is -1.97. The van der Waals surface area contributed by atoms with Crippen molar-refractivity contribution in [3.8, 4) is 11.8 Å². The molecule has 0 radical (unpaired) electrons. The number of benzene rings is 1. The van der Waals surface area contributed by atoms with E-state index < -0.39 is 5.97 Å². The minimum Gasteiger partial charge on any atom is -0.481 e. The molecule has 1 rings (SSSR count). The van der Waals surface area contributed by atoms with Gasteiger partial charge in [-0.1, -0.05) is 37.8 Å². The molecule has 0 spiro atoms. The van der Waals surface area contributed by atoms with E-state index in [0.717, 1.165) is 17.5 Å². The summed E-state index contributed by atoms with van der Waals surface area (Å²) in [5.74, 6) is 6.06. The summed E-state index contributed by atoms with van der Waals surface area (Å²) < 4.78 is 0. The first-order valence-electron chi connectivity index (χ1n) is 5.87. The normalized spacial score (nSPS) is 9.82. The van der Waals surface area contributed by atoms with Crippen LogP contribution in [0.1, 0.15) is 37.8 Å². The molecule has 0 fully saturated rings. The van der Waals surface area contributed by atoms with Gasteiger partial charge in [-0.3, -0.25) is 4.79 Å². The van der Waals surface area contributed by atoms with Crippen molar-refractivity contribution in [1.29, 1.82) is 0 Å². The Kier molecular flexibility index (Phi) is 5.29. The Morgan fingerprint density at radius 2 is 1.94 bits per heavy atom. The van der Waals surface area contributed by atoms with Crippen molar-refractivity contribution >= 4 is 5.97 Å². The van der Waals surface area contributed by atoms with E-state index in [0.29, 0.717) is 12.3 Å². The molecule has 0 amide bonds. The van der Waals surface area contributed by atoms with Crippen LogP contribution < -0.4 is 0 Å². The Bertz CT molecular complexity index is 418. The van der Waals surface area contributed by atoms with E-state index >= 15 is 0 Å². The van der Waals surface area contributed by atoms with Crippen molar-refractivity contribution in [2.75, 3.05) is 0 Å². The maximum Gasteiger partial charge on any atom is 0.303 e. The van der Waals surface area contributed by atoms with Gasteiger partial charge in [-0.05, 0) is 30.0 Å². The van der Waals surface area contributed by atoms with Crippen LogP contribution in [0.2, 0.25) is 0 Å². The van der Waals surface area contributed by atoms with Gasteiger partial charge in [-0.15, -0.1) is 0 Å². The summed E-state index contributed by atoms with van der Waals surface area (Å²) in [6, 6.07) is 7.79. The molecule has 0 aromatic heterocycles. The summed E-state index contributed by atoms with van der Waals surface area (Å²) in [4.78, 5) is 10.4. The largest absolute Gasteiger partial charge is 0.481 e. The number of hydrogen-bond donors (Lipinski definition) is 1. The molecule has 0 saturated heterocycles. The summed E-state index contributed by atoms with van der Waals surface area (Å²) in [6.45, 7) is 4.29. The molecule has 90 valence electrons. The first-order chi connectivity index (χ1) is 8.08. The van der Waals surface area contributed by atoms with Gasteiger partial charge in [0.25, 0.3) is 0 Å². The highest BCUT2D eigenvalue weighted by molar-refractivity contribution is 5.67. The maximum atomic E-state index is 10.4. The fourth-order valence-corrected chi connectivity index (χ4v) is 1.36. The maximum absolute atomic E-state index is 10.4. The lowest BCUT2D eigenvalue weighted by atomic mass is 10.1. The quantitative estimate of drug-likeness (QED) is 0.807. The molecule has 0 bridgehead atoms. The Hall–Kier alpha value is -1.75. The van der Waals surface area contributed by atoms with E-state index in [2.05, 4.69) is 25.7 Å². The van der Waals surface area contributed by atoms with Crippen LogP contribution in [0, 0.1) is 17.8 Å². The lowest BCUT2D eigenvalue weighted by Gasteiger charge is -1.98. The molecule has 2 heteroatoms. The standard InChI is InChI=1S/C15H18O2/c1-12(2)4-3-5-13-6-8-14(9-7-13)10-11-15(16)17/h6-9,12H,4,10-11H2,1-2H3,(H,16,17). The zero-order chi connectivity index (χ0) is 12.7. The molecule has 2 nitrogen and oxygen atoms in total. The molecule has 0 aliphatic heterocycles. The molecule has 0 atom stereocenters. The van der Waals surface area contributed by atoms with Gasteiger partial charge >= 0.3 is 5.97 Å². The third kappa shape index (κ3) is 5.77. The highest BCUT2D eigenvalue weighted by atomic mass is 16.4. The van der Waals surface area contributed by atoms with Crippen LogP contribution in [0.15, 0.2) is 24.3 Å². The minimum absolute atomic E-state index is 0.179. The van der Waals surface area contributed by atoms with E-state index in [9.17, 15) is 4.79 Å². The molecular formula is C15H18O2. The zero-order valence-electron chi connectivity index (χ0n) is 10.4. The Morgan fingerprint density at radius 1 is 1.29 bits per heavy atom. The number of carboxylic acids is 1. The molecular weight excluding hydrogens is 212 g/mol. The summed E-state index contributed by atoms with van der Waals surface area (Å²) in [7, 11) is 0. The minimum atomic E-state index is -0.759. The van der Waals surface area contributed by atoms with Crippen LogP contribution >= 0.6 is 0 Å². The van der Waals surface area contributed by atoms with Crippen LogP contribution in [0.25, 0.3) is 0 Å². The summed E-state index contributed by atoms with van der Waals surface area (Å²) in [5.41, 5.74) is 2.03. The average Bonchev–Trinajstić information content (AvgIpc) is 2.27. The van der Waals surface area contributed by atoms with Crippen LogP contribution in [-0.4, -0.2) is 11.1 Å². The second kappa shape index (κ2) is 6.75. The highest BCUT2D eigenvalue weighted by Crippen LogP contribution is 2.06. The van der Waals surface area contributed by atoms with Gasteiger partial charge < -0.3 is 5.11 Å². The lowest BCUT2D eigenvalue weighted by molar-refractivity contribution is -0.136. The van der Waals surface area contributed by atoms with Gasteiger partial charge in [0.1, 0.15) is 0 Å². The third-order valence-corrected chi connectivity index (χ3v) is 2.32. The van der Waals surface area contributed by atoms with Gasteiger partial charge in [0, 0.05) is 18.4 Å². The Morgan fingerprint density at radius 3 is 2.47 bits per heavy atom. The van der Waals surface area contributed by atoms with E-state index in [1.54, 1.807) is 0 Å². The van der Waals surface area contributed by atoms with E-state index in [1.807, 2.05) is 24.3 Å². The average molecular weight is 230 g/mol. The third-order valence-electron chi connectivity index (χ3n) is 2.32. The summed E-state index contributed by atoms with van der Waals surface area (Å²) in [6.07, 6.45) is 1.66. The number of aryl methyl sites for hydroxylation is 1. The SMILES string of the molecule is CC(C)CC#Cc1ccc(CCC(=O)O)cc1. The van der Waals surface area contributed by atoms with Crippen molar-refractivity contribution in [2.45, 2.75) is 33.1 Å². The second-order valence-corrected chi connectivity index (χ2v) is 4.49. The number of aliphatic carboxylic acids is 1. The molecule has 0 saturated carbocycles. The summed E-state index contributed by atoms with van der Waals surface area (Å²) >= 11 is 0. The molecule has 1 aromatic carbocycles. The Labute approximate surface area is 103 Å². The van der Waals surface area contributed by atoms with Gasteiger partial charge in [0.2, 0.25) is 0 Å². The van der Waals surface area contributed by atoms with Crippen molar-refractivity contribution in [2.24, 2.45) is 5.92 Å². The van der Waals surface area contributed by atoms with E-state index in [4.69, 9.17) is 5.11 Å². The first kappa shape index (κ1) is 13.3. The van der Waals surface area contributed by atoms with Crippen molar-refractivity contribution in [1.82, 2.24) is 0 Å². The molecule has 1 N–H and O–H groups in total.